The Kier molecular flexibility index (Phi) is 8.07. The van der Waals surface area contributed by atoms with Crippen molar-refractivity contribution in [3.8, 4) is 0 Å². The number of benzene rings is 2. The Bertz CT molecular complexity index is 864. The Hall–Kier alpha value is -2.32. The van der Waals surface area contributed by atoms with Crippen molar-refractivity contribution in [3.63, 3.8) is 0 Å². The molecule has 6 nitrogen and oxygen atoms in total. The largest absolute Gasteiger partial charge is 0.444 e. The van der Waals surface area contributed by atoms with Crippen LogP contribution in [0.4, 0.5) is 10.5 Å². The molecule has 0 aromatic heterocycles. The molecular formula is C20H23BrN4O2S. The molecule has 0 heterocycles. The van der Waals surface area contributed by atoms with E-state index in [9.17, 15) is 4.79 Å². The zero-order valence-electron chi connectivity index (χ0n) is 16.0. The third-order valence-electron chi connectivity index (χ3n) is 3.23. The van der Waals surface area contributed by atoms with E-state index in [-0.39, 0.29) is 0 Å². The Morgan fingerprint density at radius 3 is 2.64 bits per heavy atom. The number of carbonyl (C=O) groups excluding carboxylic acids is 1. The van der Waals surface area contributed by atoms with Crippen LogP contribution in [0.1, 0.15) is 31.9 Å². The van der Waals surface area contributed by atoms with Gasteiger partial charge in [0.25, 0.3) is 0 Å². The summed E-state index contributed by atoms with van der Waals surface area (Å²) in [7, 11) is 0. The van der Waals surface area contributed by atoms with E-state index in [0.29, 0.717) is 22.2 Å². The number of amidine groups is 1. The van der Waals surface area contributed by atoms with Crippen LogP contribution in [0, 0.1) is 0 Å². The minimum Gasteiger partial charge on any atom is -0.444 e. The number of thioether (sulfide) groups is 1. The molecule has 0 atom stereocenters. The van der Waals surface area contributed by atoms with Gasteiger partial charge in [0.2, 0.25) is 0 Å². The number of carbonyl (C=O) groups is 1. The first-order valence-electron chi connectivity index (χ1n) is 8.56. The second-order valence-corrected chi connectivity index (χ2v) is 8.73. The van der Waals surface area contributed by atoms with Gasteiger partial charge in [0.05, 0.1) is 11.9 Å². The van der Waals surface area contributed by atoms with Gasteiger partial charge in [-0.25, -0.2) is 4.79 Å². The Morgan fingerprint density at radius 2 is 1.96 bits per heavy atom. The van der Waals surface area contributed by atoms with Crippen molar-refractivity contribution in [3.05, 3.63) is 64.1 Å². The zero-order valence-corrected chi connectivity index (χ0v) is 18.4. The van der Waals surface area contributed by atoms with Crippen molar-refractivity contribution in [1.29, 1.82) is 0 Å². The average molecular weight is 463 g/mol. The molecule has 0 unspecified atom stereocenters. The van der Waals surface area contributed by atoms with Gasteiger partial charge in [0.1, 0.15) is 5.60 Å². The lowest BCUT2D eigenvalue weighted by atomic mass is 10.2. The molecule has 148 valence electrons. The van der Waals surface area contributed by atoms with Gasteiger partial charge in [0.15, 0.2) is 5.17 Å². The number of nitrogens with one attached hydrogen (secondary N) is 1. The van der Waals surface area contributed by atoms with E-state index in [1.807, 2.05) is 42.5 Å². The topological polar surface area (TPSA) is 89.1 Å². The van der Waals surface area contributed by atoms with Crippen molar-refractivity contribution >= 4 is 50.9 Å². The molecule has 28 heavy (non-hydrogen) atoms. The summed E-state index contributed by atoms with van der Waals surface area (Å²) in [6.45, 7) is 5.42. The van der Waals surface area contributed by atoms with Crippen LogP contribution in [0.5, 0.6) is 0 Å². The molecule has 0 bridgehead atoms. The molecule has 0 fully saturated rings. The van der Waals surface area contributed by atoms with Gasteiger partial charge < -0.3 is 10.5 Å². The predicted octanol–water partition coefficient (Wildman–Crippen LogP) is 5.38. The first-order chi connectivity index (χ1) is 13.2. The van der Waals surface area contributed by atoms with E-state index in [4.69, 9.17) is 10.5 Å². The van der Waals surface area contributed by atoms with Gasteiger partial charge in [-0.2, -0.15) is 5.10 Å². The molecule has 0 saturated carbocycles. The van der Waals surface area contributed by atoms with Crippen LogP contribution in [0.15, 0.2) is 63.2 Å². The molecule has 0 saturated heterocycles. The van der Waals surface area contributed by atoms with Crippen molar-refractivity contribution in [2.75, 3.05) is 5.32 Å². The van der Waals surface area contributed by atoms with E-state index in [0.717, 1.165) is 10.0 Å². The molecule has 0 aliphatic rings. The van der Waals surface area contributed by atoms with E-state index in [1.54, 1.807) is 26.8 Å². The van der Waals surface area contributed by atoms with Crippen molar-refractivity contribution in [1.82, 2.24) is 0 Å². The summed E-state index contributed by atoms with van der Waals surface area (Å²) in [5, 5.41) is 11.1. The highest BCUT2D eigenvalue weighted by Crippen LogP contribution is 2.21. The fraction of sp³-hybridized carbons (Fsp3) is 0.250. The fourth-order valence-corrected chi connectivity index (χ4v) is 3.07. The van der Waals surface area contributed by atoms with Crippen LogP contribution in [0.25, 0.3) is 0 Å². The number of hydrogen-bond acceptors (Lipinski definition) is 5. The van der Waals surface area contributed by atoms with Crippen LogP contribution >= 0.6 is 27.7 Å². The molecule has 0 radical (unpaired) electrons. The van der Waals surface area contributed by atoms with E-state index in [1.165, 1.54) is 18.0 Å². The molecule has 1 amide bonds. The number of anilines is 1. The summed E-state index contributed by atoms with van der Waals surface area (Å²) < 4.78 is 6.13. The van der Waals surface area contributed by atoms with Gasteiger partial charge >= 0.3 is 6.09 Å². The number of rotatable bonds is 5. The first-order valence-corrected chi connectivity index (χ1v) is 10.3. The third kappa shape index (κ3) is 8.14. The highest BCUT2D eigenvalue weighted by Gasteiger charge is 2.17. The molecular weight excluding hydrogens is 440 g/mol. The lowest BCUT2D eigenvalue weighted by Gasteiger charge is -2.20. The maximum absolute atomic E-state index is 12.0. The van der Waals surface area contributed by atoms with Crippen molar-refractivity contribution in [2.24, 2.45) is 15.9 Å². The van der Waals surface area contributed by atoms with E-state index < -0.39 is 11.7 Å². The number of amides is 1. The van der Waals surface area contributed by atoms with Crippen LogP contribution in [0.3, 0.4) is 0 Å². The quantitative estimate of drug-likeness (QED) is 0.354. The van der Waals surface area contributed by atoms with Gasteiger partial charge in [0, 0.05) is 15.8 Å². The van der Waals surface area contributed by atoms with Crippen LogP contribution in [-0.4, -0.2) is 23.1 Å². The molecule has 2 aromatic carbocycles. The molecule has 0 aliphatic carbocycles. The number of halogens is 1. The molecule has 0 spiro atoms. The minimum atomic E-state index is -0.581. The molecule has 8 heteroatoms. The van der Waals surface area contributed by atoms with Gasteiger partial charge in [-0.3, -0.25) is 5.32 Å². The lowest BCUT2D eigenvalue weighted by Crippen LogP contribution is -2.27. The minimum absolute atomic E-state index is 0.358. The summed E-state index contributed by atoms with van der Waals surface area (Å²) in [5.41, 5.74) is 7.71. The second kappa shape index (κ2) is 10.3. The third-order valence-corrected chi connectivity index (χ3v) is 4.58. The normalized spacial score (nSPS) is 12.2. The number of nitrogens with two attached hydrogens (primary N) is 1. The first kappa shape index (κ1) is 22.0. The SMILES string of the molecule is CC(C)(C)OC(=O)Nc1ccc(Br)cc1C=NN=C(N)SCc1ccccc1. The predicted molar refractivity (Wildman–Crippen MR) is 121 cm³/mol. The number of hydrogen-bond donors (Lipinski definition) is 2. The van der Waals surface area contributed by atoms with Crippen molar-refractivity contribution < 1.29 is 9.53 Å². The summed E-state index contributed by atoms with van der Waals surface area (Å²) in [5.74, 6) is 0.716. The smallest absolute Gasteiger partial charge is 0.412 e. The Morgan fingerprint density at radius 1 is 1.25 bits per heavy atom. The number of nitrogens with zero attached hydrogens (tertiary/aromatic N) is 2. The Balaban J connectivity index is 2.03. The van der Waals surface area contributed by atoms with Gasteiger partial charge in [-0.15, -0.1) is 5.10 Å². The van der Waals surface area contributed by atoms with E-state index in [2.05, 4.69) is 31.4 Å². The standard InChI is InChI=1S/C20H23BrN4O2S/c1-20(2,3)27-19(26)24-17-10-9-16(21)11-15(17)12-23-25-18(22)28-13-14-7-5-4-6-8-14/h4-12H,13H2,1-3H3,(H2,22,25)(H,24,26). The molecule has 3 N–H and O–H groups in total. The summed E-state index contributed by atoms with van der Waals surface area (Å²) in [6, 6.07) is 15.4. The van der Waals surface area contributed by atoms with Crippen LogP contribution < -0.4 is 11.1 Å². The average Bonchev–Trinajstić information content (AvgIpc) is 2.61. The Labute approximate surface area is 177 Å². The maximum atomic E-state index is 12.0. The summed E-state index contributed by atoms with van der Waals surface area (Å²) in [6.07, 6.45) is 0.999. The zero-order chi connectivity index (χ0) is 20.6. The molecule has 2 rings (SSSR count). The van der Waals surface area contributed by atoms with Gasteiger partial charge in [-0.1, -0.05) is 58.0 Å². The van der Waals surface area contributed by atoms with Crippen molar-refractivity contribution in [2.45, 2.75) is 32.1 Å². The summed E-state index contributed by atoms with van der Waals surface area (Å²) >= 11 is 4.82. The van der Waals surface area contributed by atoms with E-state index >= 15 is 0 Å². The van der Waals surface area contributed by atoms with Crippen LogP contribution in [0.2, 0.25) is 0 Å². The monoisotopic (exact) mass is 462 g/mol. The highest BCUT2D eigenvalue weighted by atomic mass is 79.9. The van der Waals surface area contributed by atoms with Gasteiger partial charge in [-0.05, 0) is 44.5 Å². The highest BCUT2D eigenvalue weighted by molar-refractivity contribution is 9.10. The fourth-order valence-electron chi connectivity index (χ4n) is 2.08. The van der Waals surface area contributed by atoms with Crippen LogP contribution in [-0.2, 0) is 10.5 Å². The second-order valence-electron chi connectivity index (χ2n) is 6.82. The maximum Gasteiger partial charge on any atom is 0.412 e. The lowest BCUT2D eigenvalue weighted by molar-refractivity contribution is 0.0636. The molecule has 2 aromatic rings. The summed E-state index contributed by atoms with van der Waals surface area (Å²) in [4.78, 5) is 12.0. The number of ether oxygens (including phenoxy) is 1. The molecule has 0 aliphatic heterocycles.